The predicted octanol–water partition coefficient (Wildman–Crippen LogP) is 1.27. The molecule has 0 spiro atoms. The molecule has 0 saturated heterocycles. The summed E-state index contributed by atoms with van der Waals surface area (Å²) in [4.78, 5) is 25.2. The van der Waals surface area contributed by atoms with E-state index in [9.17, 15) is 24.9 Å². The van der Waals surface area contributed by atoms with Crippen molar-refractivity contribution in [2.45, 2.75) is 25.6 Å². The average Bonchev–Trinajstić information content (AvgIpc) is 2.63. The van der Waals surface area contributed by atoms with Gasteiger partial charge in [-0.15, -0.1) is 0 Å². The van der Waals surface area contributed by atoms with E-state index >= 15 is 0 Å². The summed E-state index contributed by atoms with van der Waals surface area (Å²) < 4.78 is 11.1. The largest absolute Gasteiger partial charge is 0.508 e. The van der Waals surface area contributed by atoms with Gasteiger partial charge in [0.25, 0.3) is 0 Å². The maximum absolute atomic E-state index is 12.7. The molecule has 4 N–H and O–H groups in total. The number of aliphatic hydroxyl groups excluding tert-OH is 1. The highest BCUT2D eigenvalue weighted by Crippen LogP contribution is 2.38. The normalized spacial score (nSPS) is 26.4. The third kappa shape index (κ3) is 3.90. The van der Waals surface area contributed by atoms with E-state index < -0.39 is 35.1 Å². The Morgan fingerprint density at radius 1 is 1.34 bits per heavy atom. The fraction of sp³-hybridized carbons (Fsp3) is 0.333. The van der Waals surface area contributed by atoms with E-state index in [1.807, 2.05) is 0 Å². The highest BCUT2D eigenvalue weighted by Gasteiger charge is 2.51. The number of phenolic OH excluding ortho intramolecular Hbond substituents is 2. The molecule has 2 aliphatic rings. The third-order valence-corrected chi connectivity index (χ3v) is 5.01. The maximum Gasteiger partial charge on any atom is 0.342 e. The quantitative estimate of drug-likeness (QED) is 0.554. The minimum absolute atomic E-state index is 0.0371. The fourth-order valence-electron chi connectivity index (χ4n) is 3.49. The van der Waals surface area contributed by atoms with Crippen molar-refractivity contribution in [3.63, 3.8) is 0 Å². The Kier molecular flexibility index (Phi) is 5.50. The van der Waals surface area contributed by atoms with Gasteiger partial charge in [0, 0.05) is 6.07 Å². The highest BCUT2D eigenvalue weighted by atomic mass is 16.6. The van der Waals surface area contributed by atoms with Crippen LogP contribution in [0.2, 0.25) is 0 Å². The molecule has 3 rings (SSSR count). The highest BCUT2D eigenvalue weighted by molar-refractivity contribution is 6.00. The minimum Gasteiger partial charge on any atom is -0.508 e. The Hall–Kier alpha value is -3.10. The summed E-state index contributed by atoms with van der Waals surface area (Å²) in [6.45, 7) is 2.63. The lowest BCUT2D eigenvalue weighted by atomic mass is 9.75. The van der Waals surface area contributed by atoms with E-state index in [-0.39, 0.29) is 30.1 Å². The van der Waals surface area contributed by atoms with E-state index in [4.69, 9.17) is 14.6 Å². The molecule has 1 aromatic rings. The molecule has 0 fully saturated rings. The molecule has 0 amide bonds. The van der Waals surface area contributed by atoms with Crippen molar-refractivity contribution in [1.29, 1.82) is 0 Å². The van der Waals surface area contributed by atoms with Gasteiger partial charge in [-0.1, -0.05) is 6.08 Å². The predicted molar refractivity (Wildman–Crippen MR) is 101 cm³/mol. The molecule has 0 aromatic heterocycles. The summed E-state index contributed by atoms with van der Waals surface area (Å²) in [7, 11) is 0. The van der Waals surface area contributed by atoms with Gasteiger partial charge in [-0.2, -0.15) is 0 Å². The molecule has 154 valence electrons. The number of carbonyl (C=O) groups excluding carboxylic acids is 2. The molecule has 0 saturated carbocycles. The van der Waals surface area contributed by atoms with Crippen LogP contribution in [0.1, 0.15) is 22.8 Å². The summed E-state index contributed by atoms with van der Waals surface area (Å²) in [5.74, 6) is -2.44. The number of ether oxygens (including phenoxy) is 2. The number of aliphatic hydroxyl groups is 2. The number of rotatable bonds is 4. The number of benzene rings is 1. The van der Waals surface area contributed by atoms with Gasteiger partial charge in [0.2, 0.25) is 0 Å². The number of aryl methyl sites for hydroxylation is 1. The second kappa shape index (κ2) is 7.73. The SMILES string of the molecule is Cc1cc(O)cc(O)c1C(=O)O[C@H]1[C@@H]2COC(/C=C/CO)=CC2=CC(=O)[C@@]1(C)O. The van der Waals surface area contributed by atoms with Crippen LogP contribution in [0.5, 0.6) is 11.5 Å². The molecule has 1 aromatic carbocycles. The van der Waals surface area contributed by atoms with Crippen LogP contribution in [-0.4, -0.2) is 57.1 Å². The van der Waals surface area contributed by atoms with Gasteiger partial charge in [-0.25, -0.2) is 4.79 Å². The van der Waals surface area contributed by atoms with Crippen molar-refractivity contribution in [3.8, 4) is 11.5 Å². The van der Waals surface area contributed by atoms with Crippen LogP contribution in [0.4, 0.5) is 0 Å². The van der Waals surface area contributed by atoms with Crippen molar-refractivity contribution in [2.24, 2.45) is 5.92 Å². The Labute approximate surface area is 167 Å². The minimum atomic E-state index is -1.99. The van der Waals surface area contributed by atoms with Crippen LogP contribution in [-0.2, 0) is 14.3 Å². The number of phenols is 2. The van der Waals surface area contributed by atoms with Gasteiger partial charge in [0.1, 0.15) is 28.9 Å². The molecule has 1 heterocycles. The van der Waals surface area contributed by atoms with Crippen LogP contribution in [0.25, 0.3) is 0 Å². The van der Waals surface area contributed by atoms with Crippen molar-refractivity contribution < 1.29 is 39.5 Å². The topological polar surface area (TPSA) is 134 Å². The zero-order chi connectivity index (χ0) is 21.3. The van der Waals surface area contributed by atoms with Crippen molar-refractivity contribution in [3.05, 3.63) is 58.9 Å². The van der Waals surface area contributed by atoms with Gasteiger partial charge in [0.05, 0.1) is 19.1 Å². The van der Waals surface area contributed by atoms with Gasteiger partial charge < -0.3 is 29.9 Å². The monoisotopic (exact) mass is 402 g/mol. The molecule has 1 aliphatic heterocycles. The first-order valence-corrected chi connectivity index (χ1v) is 8.99. The standard InChI is InChI=1S/C21H22O8/c1-11-6-13(23)9-16(24)18(11)20(26)29-19-15-10-28-14(4-3-5-22)7-12(15)8-17(25)21(19,2)27/h3-4,6-9,15,19,22-24,27H,5,10H2,1-2H3/b4-3+/t15-,19+,21-/m1/s1. The number of fused-ring (bicyclic) bond motifs is 1. The van der Waals surface area contributed by atoms with Gasteiger partial charge in [-0.05, 0) is 49.3 Å². The van der Waals surface area contributed by atoms with Crippen LogP contribution in [0, 0.1) is 12.8 Å². The Morgan fingerprint density at radius 2 is 2.07 bits per heavy atom. The summed E-state index contributed by atoms with van der Waals surface area (Å²) in [5, 5.41) is 39.2. The number of esters is 1. The number of hydrogen-bond acceptors (Lipinski definition) is 8. The second-order valence-electron chi connectivity index (χ2n) is 7.19. The van der Waals surface area contributed by atoms with E-state index in [0.717, 1.165) is 6.07 Å². The molecule has 8 heteroatoms. The van der Waals surface area contributed by atoms with Crippen molar-refractivity contribution >= 4 is 11.8 Å². The first kappa shape index (κ1) is 20.6. The van der Waals surface area contributed by atoms with Gasteiger partial charge in [-0.3, -0.25) is 4.79 Å². The number of carbonyl (C=O) groups is 2. The number of allylic oxidation sites excluding steroid dienone is 2. The Balaban J connectivity index is 1.94. The van der Waals surface area contributed by atoms with Crippen molar-refractivity contribution in [2.75, 3.05) is 13.2 Å². The smallest absolute Gasteiger partial charge is 0.342 e. The summed E-state index contributed by atoms with van der Waals surface area (Å²) >= 11 is 0. The lowest BCUT2D eigenvalue weighted by Crippen LogP contribution is -2.56. The summed E-state index contributed by atoms with van der Waals surface area (Å²) in [6, 6.07) is 2.29. The first-order valence-electron chi connectivity index (χ1n) is 8.99. The average molecular weight is 402 g/mol. The molecule has 0 bridgehead atoms. The second-order valence-corrected chi connectivity index (χ2v) is 7.19. The fourth-order valence-corrected chi connectivity index (χ4v) is 3.49. The third-order valence-electron chi connectivity index (χ3n) is 5.01. The van der Waals surface area contributed by atoms with E-state index in [1.54, 1.807) is 12.2 Å². The van der Waals surface area contributed by atoms with E-state index in [0.29, 0.717) is 11.3 Å². The number of hydrogen-bond donors (Lipinski definition) is 4. The molecule has 29 heavy (non-hydrogen) atoms. The van der Waals surface area contributed by atoms with Crippen molar-refractivity contribution in [1.82, 2.24) is 0 Å². The summed E-state index contributed by atoms with van der Waals surface area (Å²) in [5.41, 5.74) is -1.35. The first-order chi connectivity index (χ1) is 13.6. The molecule has 8 nitrogen and oxygen atoms in total. The van der Waals surface area contributed by atoms with Crippen LogP contribution < -0.4 is 0 Å². The zero-order valence-electron chi connectivity index (χ0n) is 16.0. The van der Waals surface area contributed by atoms with Crippen LogP contribution >= 0.6 is 0 Å². The molecular formula is C21H22O8. The van der Waals surface area contributed by atoms with Crippen LogP contribution in [0.3, 0.4) is 0 Å². The lowest BCUT2D eigenvalue weighted by Gasteiger charge is -2.41. The number of aromatic hydroxyl groups is 2. The van der Waals surface area contributed by atoms with E-state index in [1.165, 1.54) is 32.1 Å². The molecule has 3 atom stereocenters. The van der Waals surface area contributed by atoms with Gasteiger partial charge >= 0.3 is 5.97 Å². The van der Waals surface area contributed by atoms with Gasteiger partial charge in [0.15, 0.2) is 11.4 Å². The maximum atomic E-state index is 12.7. The Bertz CT molecular complexity index is 915. The number of ketones is 1. The zero-order valence-corrected chi connectivity index (χ0v) is 16.0. The lowest BCUT2D eigenvalue weighted by molar-refractivity contribution is -0.151. The molecule has 1 aliphatic carbocycles. The Morgan fingerprint density at radius 3 is 2.72 bits per heavy atom. The van der Waals surface area contributed by atoms with Crippen LogP contribution in [0.15, 0.2) is 47.8 Å². The molecule has 0 radical (unpaired) electrons. The summed E-state index contributed by atoms with van der Waals surface area (Å²) in [6.07, 6.45) is 4.63. The molecule has 0 unspecified atom stereocenters. The van der Waals surface area contributed by atoms with E-state index in [2.05, 4.69) is 0 Å². The molecular weight excluding hydrogens is 380 g/mol.